The van der Waals surface area contributed by atoms with Gasteiger partial charge in [0.05, 0.1) is 18.3 Å². The van der Waals surface area contributed by atoms with Crippen LogP contribution in [0.25, 0.3) is 0 Å². The molecule has 0 aromatic heterocycles. The lowest BCUT2D eigenvalue weighted by molar-refractivity contribution is 0.0182. The summed E-state index contributed by atoms with van der Waals surface area (Å²) in [6, 6.07) is 0. The van der Waals surface area contributed by atoms with E-state index in [1.165, 1.54) is 0 Å². The molecule has 0 aliphatic carbocycles. The van der Waals surface area contributed by atoms with Gasteiger partial charge in [0.25, 0.3) is 0 Å². The number of aliphatic hydroxyl groups excluding tert-OH is 1. The second kappa shape index (κ2) is 8.32. The molecule has 3 nitrogen and oxygen atoms in total. The van der Waals surface area contributed by atoms with Crippen molar-refractivity contribution in [2.45, 2.75) is 83.4 Å². The molecule has 0 amide bonds. The number of rotatable bonds is 9. The van der Waals surface area contributed by atoms with Crippen molar-refractivity contribution in [3.8, 4) is 0 Å². The second-order valence-corrected chi connectivity index (χ2v) is 12.0. The third kappa shape index (κ3) is 7.02. The van der Waals surface area contributed by atoms with Gasteiger partial charge in [0.15, 0.2) is 8.32 Å². The lowest BCUT2D eigenvalue weighted by Crippen LogP contribution is -2.44. The minimum atomic E-state index is -1.79. The van der Waals surface area contributed by atoms with Gasteiger partial charge in [-0.15, -0.1) is 6.58 Å². The van der Waals surface area contributed by atoms with Gasteiger partial charge in [0, 0.05) is 7.11 Å². The topological polar surface area (TPSA) is 38.7 Å². The molecule has 0 fully saturated rings. The van der Waals surface area contributed by atoms with Gasteiger partial charge in [-0.05, 0) is 44.3 Å². The zero-order chi connectivity index (χ0) is 16.0. The van der Waals surface area contributed by atoms with Gasteiger partial charge in [0.1, 0.15) is 0 Å². The van der Waals surface area contributed by atoms with E-state index in [9.17, 15) is 5.11 Å². The highest BCUT2D eigenvalue weighted by Crippen LogP contribution is 2.38. The SMILES string of the molecule is C=CC[C@H](C[C@@H](CC(C)O)OC)O[Si](C)(C)C(C)(C)C. The molecular formula is C16H34O3Si. The number of aliphatic hydroxyl groups is 1. The Morgan fingerprint density at radius 1 is 1.20 bits per heavy atom. The Balaban J connectivity index is 4.75. The van der Waals surface area contributed by atoms with Crippen LogP contribution in [0.5, 0.6) is 0 Å². The number of ether oxygens (including phenoxy) is 1. The zero-order valence-electron chi connectivity index (χ0n) is 14.4. The second-order valence-electron chi connectivity index (χ2n) is 7.20. The smallest absolute Gasteiger partial charge is 0.192 e. The largest absolute Gasteiger partial charge is 0.414 e. The van der Waals surface area contributed by atoms with Crippen LogP contribution in [0, 0.1) is 0 Å². The predicted octanol–water partition coefficient (Wildman–Crippen LogP) is 4.13. The Kier molecular flexibility index (Phi) is 8.25. The molecule has 3 atom stereocenters. The van der Waals surface area contributed by atoms with E-state index in [0.29, 0.717) is 6.42 Å². The normalized spacial score (nSPS) is 17.6. The van der Waals surface area contributed by atoms with Crippen LogP contribution in [0.4, 0.5) is 0 Å². The van der Waals surface area contributed by atoms with Gasteiger partial charge >= 0.3 is 0 Å². The summed E-state index contributed by atoms with van der Waals surface area (Å²) in [5.74, 6) is 0. The zero-order valence-corrected chi connectivity index (χ0v) is 15.4. The Bertz CT molecular complexity index is 282. The van der Waals surface area contributed by atoms with E-state index >= 15 is 0 Å². The average molecular weight is 303 g/mol. The van der Waals surface area contributed by atoms with Gasteiger partial charge < -0.3 is 14.3 Å². The molecule has 0 rings (SSSR count). The Hall–Kier alpha value is -0.163. The maximum atomic E-state index is 9.53. The van der Waals surface area contributed by atoms with E-state index < -0.39 is 8.32 Å². The summed E-state index contributed by atoms with van der Waals surface area (Å²) in [5, 5.41) is 9.72. The van der Waals surface area contributed by atoms with Gasteiger partial charge in [-0.2, -0.15) is 0 Å². The maximum absolute atomic E-state index is 9.53. The number of methoxy groups -OCH3 is 1. The third-order valence-corrected chi connectivity index (χ3v) is 8.70. The van der Waals surface area contributed by atoms with Crippen LogP contribution < -0.4 is 0 Å². The van der Waals surface area contributed by atoms with E-state index in [4.69, 9.17) is 9.16 Å². The van der Waals surface area contributed by atoms with Crippen LogP contribution in [0.2, 0.25) is 18.1 Å². The van der Waals surface area contributed by atoms with Crippen molar-refractivity contribution in [2.75, 3.05) is 7.11 Å². The van der Waals surface area contributed by atoms with Crippen molar-refractivity contribution in [1.82, 2.24) is 0 Å². The highest BCUT2D eigenvalue weighted by molar-refractivity contribution is 6.74. The van der Waals surface area contributed by atoms with E-state index in [-0.39, 0.29) is 23.4 Å². The molecule has 0 aliphatic heterocycles. The Morgan fingerprint density at radius 2 is 1.75 bits per heavy atom. The summed E-state index contributed by atoms with van der Waals surface area (Å²) < 4.78 is 11.9. The molecule has 1 N–H and O–H groups in total. The molecule has 120 valence electrons. The monoisotopic (exact) mass is 302 g/mol. The molecule has 0 spiro atoms. The highest BCUT2D eigenvalue weighted by Gasteiger charge is 2.39. The Morgan fingerprint density at radius 3 is 2.10 bits per heavy atom. The standard InChI is InChI=1S/C16H34O3Si/c1-9-10-14(12-15(18-6)11-13(2)17)19-20(7,8)16(3,4)5/h9,13-15,17H,1,10-12H2,2-8H3/t13?,14-,15-/m1/s1. The molecule has 0 aliphatic rings. The minimum Gasteiger partial charge on any atom is -0.414 e. The number of hydrogen-bond acceptors (Lipinski definition) is 3. The Labute approximate surface area is 126 Å². The lowest BCUT2D eigenvalue weighted by atomic mass is 10.0. The average Bonchev–Trinajstić information content (AvgIpc) is 2.25. The summed E-state index contributed by atoms with van der Waals surface area (Å²) in [6.07, 6.45) is 3.99. The van der Waals surface area contributed by atoms with Crippen LogP contribution in [0.15, 0.2) is 12.7 Å². The fraction of sp³-hybridized carbons (Fsp3) is 0.875. The highest BCUT2D eigenvalue weighted by atomic mass is 28.4. The van der Waals surface area contributed by atoms with Crippen LogP contribution in [-0.2, 0) is 9.16 Å². The summed E-state index contributed by atoms with van der Waals surface area (Å²) in [7, 11) is -0.0918. The van der Waals surface area contributed by atoms with Gasteiger partial charge in [-0.1, -0.05) is 26.8 Å². The molecule has 0 radical (unpaired) electrons. The maximum Gasteiger partial charge on any atom is 0.192 e. The van der Waals surface area contributed by atoms with Crippen molar-refractivity contribution in [3.05, 3.63) is 12.7 Å². The first-order chi connectivity index (χ1) is 9.03. The first kappa shape index (κ1) is 19.8. The lowest BCUT2D eigenvalue weighted by Gasteiger charge is -2.40. The fourth-order valence-electron chi connectivity index (χ4n) is 1.93. The molecule has 0 heterocycles. The van der Waals surface area contributed by atoms with E-state index in [0.717, 1.165) is 12.8 Å². The molecule has 0 bridgehead atoms. The summed E-state index contributed by atoms with van der Waals surface area (Å²) in [4.78, 5) is 0. The van der Waals surface area contributed by atoms with Crippen molar-refractivity contribution >= 4 is 8.32 Å². The van der Waals surface area contributed by atoms with Crippen LogP contribution in [0.3, 0.4) is 0 Å². The predicted molar refractivity (Wildman–Crippen MR) is 88.6 cm³/mol. The fourth-order valence-corrected chi connectivity index (χ4v) is 3.31. The summed E-state index contributed by atoms with van der Waals surface area (Å²) in [6.45, 7) is 16.9. The first-order valence-corrected chi connectivity index (χ1v) is 10.4. The van der Waals surface area contributed by atoms with Crippen molar-refractivity contribution in [2.24, 2.45) is 0 Å². The van der Waals surface area contributed by atoms with E-state index in [1.807, 2.05) is 6.08 Å². The first-order valence-electron chi connectivity index (χ1n) is 7.53. The van der Waals surface area contributed by atoms with Crippen molar-refractivity contribution in [1.29, 1.82) is 0 Å². The molecule has 0 saturated carbocycles. The van der Waals surface area contributed by atoms with Gasteiger partial charge in [0.2, 0.25) is 0 Å². The third-order valence-electron chi connectivity index (χ3n) is 4.16. The summed E-state index contributed by atoms with van der Waals surface area (Å²) >= 11 is 0. The molecule has 4 heteroatoms. The minimum absolute atomic E-state index is 0.0321. The van der Waals surface area contributed by atoms with E-state index in [2.05, 4.69) is 40.4 Å². The molecule has 0 saturated heterocycles. The molecule has 1 unspecified atom stereocenters. The van der Waals surface area contributed by atoms with Crippen molar-refractivity contribution in [3.63, 3.8) is 0 Å². The molecule has 0 aromatic carbocycles. The molecule has 0 aromatic rings. The molecular weight excluding hydrogens is 268 g/mol. The van der Waals surface area contributed by atoms with E-state index in [1.54, 1.807) is 14.0 Å². The number of hydrogen-bond donors (Lipinski definition) is 1. The summed E-state index contributed by atoms with van der Waals surface area (Å²) in [5.41, 5.74) is 0. The van der Waals surface area contributed by atoms with Crippen molar-refractivity contribution < 1.29 is 14.3 Å². The van der Waals surface area contributed by atoms with Crippen LogP contribution >= 0.6 is 0 Å². The van der Waals surface area contributed by atoms with Crippen LogP contribution in [-0.4, -0.2) is 38.8 Å². The van der Waals surface area contributed by atoms with Gasteiger partial charge in [-0.25, -0.2) is 0 Å². The van der Waals surface area contributed by atoms with Crippen LogP contribution in [0.1, 0.15) is 47.0 Å². The quantitative estimate of drug-likeness (QED) is 0.514. The van der Waals surface area contributed by atoms with Gasteiger partial charge in [-0.3, -0.25) is 0 Å². The molecule has 20 heavy (non-hydrogen) atoms.